The third-order valence-electron chi connectivity index (χ3n) is 5.79. The lowest BCUT2D eigenvalue weighted by Crippen LogP contribution is -3.27. The molecule has 0 unspecified atom stereocenters. The van der Waals surface area contributed by atoms with E-state index in [1.807, 2.05) is 12.1 Å². The summed E-state index contributed by atoms with van der Waals surface area (Å²) in [4.78, 5) is 13.7. The van der Waals surface area contributed by atoms with Gasteiger partial charge in [0.15, 0.2) is 18.2 Å². The van der Waals surface area contributed by atoms with Crippen molar-refractivity contribution in [2.45, 2.75) is 27.1 Å². The molecule has 10 nitrogen and oxygen atoms in total. The van der Waals surface area contributed by atoms with Gasteiger partial charge in [0.2, 0.25) is 5.75 Å². The van der Waals surface area contributed by atoms with E-state index >= 15 is 0 Å². The van der Waals surface area contributed by atoms with Crippen molar-refractivity contribution < 1.29 is 28.9 Å². The summed E-state index contributed by atoms with van der Waals surface area (Å²) in [6.45, 7) is 8.87. The number of benzene rings is 1. The number of piperazine rings is 1. The summed E-state index contributed by atoms with van der Waals surface area (Å²) in [5.41, 5.74) is 2.30. The van der Waals surface area contributed by atoms with Crippen LogP contribution in [0, 0.1) is 24.0 Å². The lowest BCUT2D eigenvalue weighted by Gasteiger charge is -2.30. The predicted octanol–water partition coefficient (Wildman–Crippen LogP) is -0.625. The standard InChI is InChI=1S/C20H29N5O5/c1-14-18(25(26)27)15(2)24(21-14)13-23-10-8-22(9-11-23)12-16-6-7-17(28-3)20(30-5)19(16)29-4/h6-7H,8-13H2,1-5H3/p+2. The van der Waals surface area contributed by atoms with Crippen LogP contribution in [0.5, 0.6) is 17.2 Å². The number of quaternary nitrogens is 2. The Hall–Kier alpha value is -2.85. The van der Waals surface area contributed by atoms with E-state index in [0.29, 0.717) is 35.3 Å². The highest BCUT2D eigenvalue weighted by Crippen LogP contribution is 2.39. The average Bonchev–Trinajstić information content (AvgIpc) is 3.01. The van der Waals surface area contributed by atoms with Crippen LogP contribution in [-0.2, 0) is 13.2 Å². The van der Waals surface area contributed by atoms with Crippen LogP contribution >= 0.6 is 0 Å². The summed E-state index contributed by atoms with van der Waals surface area (Å²) >= 11 is 0. The van der Waals surface area contributed by atoms with Crippen molar-refractivity contribution in [3.05, 3.63) is 39.2 Å². The average molecular weight is 421 g/mol. The van der Waals surface area contributed by atoms with Crippen molar-refractivity contribution in [1.29, 1.82) is 0 Å². The molecule has 1 aromatic carbocycles. The molecule has 0 saturated carbocycles. The molecule has 0 amide bonds. The summed E-state index contributed by atoms with van der Waals surface area (Å²) in [6, 6.07) is 3.94. The largest absolute Gasteiger partial charge is 0.493 e. The Morgan fingerprint density at radius 3 is 2.20 bits per heavy atom. The second-order valence-corrected chi connectivity index (χ2v) is 7.60. The zero-order valence-electron chi connectivity index (χ0n) is 18.3. The van der Waals surface area contributed by atoms with Crippen LogP contribution in [0.25, 0.3) is 0 Å². The lowest BCUT2D eigenvalue weighted by atomic mass is 10.1. The van der Waals surface area contributed by atoms with Crippen LogP contribution in [0.4, 0.5) is 5.69 Å². The molecule has 0 radical (unpaired) electrons. The van der Waals surface area contributed by atoms with Gasteiger partial charge in [-0.3, -0.25) is 10.1 Å². The Balaban J connectivity index is 1.63. The predicted molar refractivity (Wildman–Crippen MR) is 110 cm³/mol. The molecule has 2 N–H and O–H groups in total. The van der Waals surface area contributed by atoms with E-state index in [4.69, 9.17) is 14.2 Å². The molecule has 0 spiro atoms. The van der Waals surface area contributed by atoms with Gasteiger partial charge in [-0.1, -0.05) is 0 Å². The fourth-order valence-electron chi connectivity index (χ4n) is 4.18. The van der Waals surface area contributed by atoms with E-state index in [2.05, 4.69) is 5.10 Å². The first kappa shape index (κ1) is 21.8. The Kier molecular flexibility index (Phi) is 6.78. The van der Waals surface area contributed by atoms with Crippen LogP contribution in [0.15, 0.2) is 12.1 Å². The van der Waals surface area contributed by atoms with E-state index < -0.39 is 0 Å². The van der Waals surface area contributed by atoms with Crippen LogP contribution in [0.3, 0.4) is 0 Å². The summed E-state index contributed by atoms with van der Waals surface area (Å²) in [7, 11) is 4.87. The first-order valence-corrected chi connectivity index (χ1v) is 10.0. The maximum atomic E-state index is 11.2. The van der Waals surface area contributed by atoms with Crippen LogP contribution in [0.2, 0.25) is 0 Å². The van der Waals surface area contributed by atoms with E-state index in [0.717, 1.165) is 38.3 Å². The van der Waals surface area contributed by atoms with Crippen molar-refractivity contribution in [1.82, 2.24) is 9.78 Å². The smallest absolute Gasteiger partial charge is 0.312 e. The number of aryl methyl sites for hydroxylation is 1. The number of nitrogens with one attached hydrogen (secondary N) is 2. The Morgan fingerprint density at radius 2 is 1.67 bits per heavy atom. The van der Waals surface area contributed by atoms with Gasteiger partial charge >= 0.3 is 5.69 Å². The molecule has 1 saturated heterocycles. The number of ether oxygens (including phenoxy) is 3. The Labute approximate surface area is 176 Å². The van der Waals surface area contributed by atoms with E-state index in [9.17, 15) is 10.1 Å². The van der Waals surface area contributed by atoms with Gasteiger partial charge in [0.1, 0.15) is 44.1 Å². The highest BCUT2D eigenvalue weighted by Gasteiger charge is 2.28. The number of methoxy groups -OCH3 is 3. The van der Waals surface area contributed by atoms with E-state index in [1.165, 1.54) is 9.80 Å². The third-order valence-corrected chi connectivity index (χ3v) is 5.79. The van der Waals surface area contributed by atoms with Crippen LogP contribution in [-0.4, -0.2) is 62.2 Å². The normalized spacial score (nSPS) is 18.8. The fourth-order valence-corrected chi connectivity index (χ4v) is 4.18. The minimum absolute atomic E-state index is 0.124. The summed E-state index contributed by atoms with van der Waals surface area (Å²) in [5.74, 6) is 1.99. The fraction of sp³-hybridized carbons (Fsp3) is 0.550. The Morgan fingerprint density at radius 1 is 1.03 bits per heavy atom. The minimum atomic E-state index is -0.345. The zero-order valence-corrected chi connectivity index (χ0v) is 18.3. The van der Waals surface area contributed by atoms with Gasteiger partial charge in [0.05, 0.1) is 31.8 Å². The van der Waals surface area contributed by atoms with Crippen molar-refractivity contribution in [3.8, 4) is 17.2 Å². The molecule has 0 aliphatic carbocycles. The van der Waals surface area contributed by atoms with Gasteiger partial charge in [-0.2, -0.15) is 5.10 Å². The molecule has 1 aromatic heterocycles. The number of aromatic nitrogens is 2. The first-order valence-electron chi connectivity index (χ1n) is 10.0. The van der Waals surface area contributed by atoms with Gasteiger partial charge in [0, 0.05) is 0 Å². The highest BCUT2D eigenvalue weighted by molar-refractivity contribution is 5.55. The topological polar surface area (TPSA) is 97.5 Å². The van der Waals surface area contributed by atoms with Crippen molar-refractivity contribution in [2.24, 2.45) is 0 Å². The molecule has 1 aliphatic heterocycles. The van der Waals surface area contributed by atoms with Crippen molar-refractivity contribution in [2.75, 3.05) is 47.5 Å². The highest BCUT2D eigenvalue weighted by atomic mass is 16.6. The van der Waals surface area contributed by atoms with Gasteiger partial charge in [0.25, 0.3) is 0 Å². The SMILES string of the molecule is COc1ccc(C[NH+]2CC[NH+](Cn3nc(C)c([N+](=O)[O-])c3C)CC2)c(OC)c1OC. The number of hydrogen-bond donors (Lipinski definition) is 2. The van der Waals surface area contributed by atoms with Crippen LogP contribution < -0.4 is 24.0 Å². The number of nitro groups is 1. The molecular formula is C20H31N5O5+2. The molecule has 1 aliphatic rings. The molecule has 2 heterocycles. The first-order chi connectivity index (χ1) is 14.4. The van der Waals surface area contributed by atoms with Crippen molar-refractivity contribution >= 4 is 5.69 Å². The molecule has 2 aromatic rings. The third kappa shape index (κ3) is 4.34. The molecule has 0 bridgehead atoms. The van der Waals surface area contributed by atoms with Crippen molar-refractivity contribution in [3.63, 3.8) is 0 Å². The maximum absolute atomic E-state index is 11.2. The van der Waals surface area contributed by atoms with Gasteiger partial charge < -0.3 is 24.0 Å². The van der Waals surface area contributed by atoms with E-state index in [-0.39, 0.29) is 10.6 Å². The van der Waals surface area contributed by atoms with Gasteiger partial charge in [-0.15, -0.1) is 0 Å². The molecule has 0 atom stereocenters. The minimum Gasteiger partial charge on any atom is -0.493 e. The molecule has 164 valence electrons. The van der Waals surface area contributed by atoms with Gasteiger partial charge in [-0.25, -0.2) is 4.68 Å². The number of nitrogens with zero attached hydrogens (tertiary/aromatic N) is 3. The van der Waals surface area contributed by atoms with Gasteiger partial charge in [-0.05, 0) is 26.0 Å². The molecule has 10 heteroatoms. The summed E-state index contributed by atoms with van der Waals surface area (Å²) < 4.78 is 18.2. The second-order valence-electron chi connectivity index (χ2n) is 7.60. The second kappa shape index (κ2) is 9.31. The monoisotopic (exact) mass is 421 g/mol. The lowest BCUT2D eigenvalue weighted by molar-refractivity contribution is -1.03. The maximum Gasteiger partial charge on any atom is 0.312 e. The zero-order chi connectivity index (χ0) is 21.8. The molecule has 3 rings (SSSR count). The van der Waals surface area contributed by atoms with Crippen LogP contribution in [0.1, 0.15) is 17.0 Å². The summed E-state index contributed by atoms with van der Waals surface area (Å²) in [6.07, 6.45) is 0. The number of rotatable bonds is 8. The van der Waals surface area contributed by atoms with E-state index in [1.54, 1.807) is 39.9 Å². The molecule has 30 heavy (non-hydrogen) atoms. The molecular weight excluding hydrogens is 390 g/mol. The Bertz CT molecular complexity index is 905. The molecule has 1 fully saturated rings. The number of hydrogen-bond acceptors (Lipinski definition) is 6. The summed E-state index contributed by atoms with van der Waals surface area (Å²) in [5, 5.41) is 15.6. The quantitative estimate of drug-likeness (QED) is 0.435.